The highest BCUT2D eigenvalue weighted by Gasteiger charge is 2.22. The smallest absolute Gasteiger partial charge is 0.119 e. The monoisotopic (exact) mass is 350 g/mol. The van der Waals surface area contributed by atoms with Gasteiger partial charge >= 0.3 is 0 Å². The molecule has 0 aliphatic heterocycles. The molecule has 1 N–H and O–H groups in total. The summed E-state index contributed by atoms with van der Waals surface area (Å²) in [5, 5.41) is 9.30. The summed E-state index contributed by atoms with van der Waals surface area (Å²) >= 11 is 0. The molecule has 0 heterocycles. The van der Waals surface area contributed by atoms with Crippen molar-refractivity contribution in [1.82, 2.24) is 0 Å². The molecule has 3 nitrogen and oxygen atoms in total. The third-order valence-corrected chi connectivity index (χ3v) is 5.24. The molecule has 0 aliphatic rings. The first kappa shape index (κ1) is 22.0. The molecule has 0 amide bonds. The zero-order valence-corrected chi connectivity index (χ0v) is 16.6. The Morgan fingerprint density at radius 3 is 2.32 bits per heavy atom. The maximum Gasteiger partial charge on any atom is 0.119 e. The summed E-state index contributed by atoms with van der Waals surface area (Å²) in [6.45, 7) is 9.63. The maximum atomic E-state index is 9.30. The molecule has 0 radical (unpaired) electrons. The average molecular weight is 351 g/mol. The van der Waals surface area contributed by atoms with Gasteiger partial charge in [0.2, 0.25) is 0 Å². The van der Waals surface area contributed by atoms with Gasteiger partial charge in [-0.1, -0.05) is 71.6 Å². The van der Waals surface area contributed by atoms with Crippen molar-refractivity contribution in [2.45, 2.75) is 78.7 Å². The van der Waals surface area contributed by atoms with Crippen LogP contribution in [0.15, 0.2) is 30.3 Å². The maximum absolute atomic E-state index is 9.30. The van der Waals surface area contributed by atoms with Gasteiger partial charge in [0, 0.05) is 6.42 Å². The molecule has 0 fully saturated rings. The van der Waals surface area contributed by atoms with Crippen molar-refractivity contribution in [3.8, 4) is 5.75 Å². The van der Waals surface area contributed by atoms with Crippen LogP contribution in [0.5, 0.6) is 5.75 Å². The molecule has 3 heteroatoms. The second-order valence-electron chi connectivity index (χ2n) is 7.56. The highest BCUT2D eigenvalue weighted by molar-refractivity contribution is 5.20. The van der Waals surface area contributed by atoms with Crippen LogP contribution in [0.4, 0.5) is 0 Å². The third-order valence-electron chi connectivity index (χ3n) is 5.24. The minimum atomic E-state index is -0.165. The van der Waals surface area contributed by atoms with Crippen LogP contribution in [-0.4, -0.2) is 18.0 Å². The zero-order chi connectivity index (χ0) is 18.5. The Bertz CT molecular complexity index is 421. The number of ether oxygens (including phenoxy) is 1. The Balaban J connectivity index is 2.34. The molecule has 1 aromatic rings. The Hall–Kier alpha value is -1.06. The number of unbranched alkanes of at least 4 members (excludes halogenated alkanes) is 1. The van der Waals surface area contributed by atoms with Crippen LogP contribution in [0.25, 0.3) is 0 Å². The molecule has 0 aliphatic carbocycles. The summed E-state index contributed by atoms with van der Waals surface area (Å²) < 4.78 is 5.73. The normalized spacial score (nSPS) is 16.2. The molecule has 144 valence electrons. The molecule has 0 aromatic heterocycles. The molecule has 4 atom stereocenters. The molecule has 1 aromatic carbocycles. The highest BCUT2D eigenvalue weighted by Crippen LogP contribution is 2.28. The molecule has 0 bridgehead atoms. The Kier molecular flexibility index (Phi) is 11.6. The van der Waals surface area contributed by atoms with Crippen molar-refractivity contribution in [3.05, 3.63) is 30.3 Å². The van der Waals surface area contributed by atoms with Gasteiger partial charge in [-0.15, -0.1) is 0 Å². The first-order valence-electron chi connectivity index (χ1n) is 10.1. The lowest BCUT2D eigenvalue weighted by molar-refractivity contribution is -0.292. The van der Waals surface area contributed by atoms with E-state index in [9.17, 15) is 5.26 Å². The lowest BCUT2D eigenvalue weighted by atomic mass is 9.83. The van der Waals surface area contributed by atoms with Gasteiger partial charge in [0.05, 0.1) is 12.7 Å². The van der Waals surface area contributed by atoms with E-state index in [0.717, 1.165) is 18.1 Å². The van der Waals surface area contributed by atoms with E-state index in [1.807, 2.05) is 30.3 Å². The third kappa shape index (κ3) is 9.27. The van der Waals surface area contributed by atoms with E-state index >= 15 is 0 Å². The van der Waals surface area contributed by atoms with Crippen molar-refractivity contribution in [3.63, 3.8) is 0 Å². The van der Waals surface area contributed by atoms with Crippen molar-refractivity contribution < 1.29 is 14.9 Å². The summed E-state index contributed by atoms with van der Waals surface area (Å²) in [6.07, 6.45) is 8.12. The number of hydrogen-bond donors (Lipinski definition) is 1. The standard InChI is InChI=1S/C22H38O3/c1-5-7-11-20(6-2)17-18(3)16-19(4)22(25-23)14-15-24-21-12-9-8-10-13-21/h8-10,12-13,18-20,22-23H,5-7,11,14-17H2,1-4H3. The Labute approximate surface area is 154 Å². The zero-order valence-electron chi connectivity index (χ0n) is 16.6. The quantitative estimate of drug-likeness (QED) is 0.304. The van der Waals surface area contributed by atoms with Crippen LogP contribution >= 0.6 is 0 Å². The number of hydrogen-bond acceptors (Lipinski definition) is 3. The van der Waals surface area contributed by atoms with Gasteiger partial charge in [-0.05, 0) is 42.7 Å². The van der Waals surface area contributed by atoms with E-state index in [4.69, 9.17) is 9.62 Å². The van der Waals surface area contributed by atoms with Gasteiger partial charge in [0.1, 0.15) is 5.75 Å². The van der Waals surface area contributed by atoms with E-state index in [1.54, 1.807) is 0 Å². The second kappa shape index (κ2) is 13.2. The van der Waals surface area contributed by atoms with Gasteiger partial charge < -0.3 is 4.74 Å². The summed E-state index contributed by atoms with van der Waals surface area (Å²) in [6, 6.07) is 9.79. The molecular weight excluding hydrogens is 312 g/mol. The van der Waals surface area contributed by atoms with Gasteiger partial charge in [-0.2, -0.15) is 0 Å². The van der Waals surface area contributed by atoms with Gasteiger partial charge in [-0.3, -0.25) is 5.26 Å². The van der Waals surface area contributed by atoms with E-state index in [-0.39, 0.29) is 6.10 Å². The van der Waals surface area contributed by atoms with Crippen LogP contribution in [0.2, 0.25) is 0 Å². The first-order valence-corrected chi connectivity index (χ1v) is 10.1. The van der Waals surface area contributed by atoms with Crippen LogP contribution in [0, 0.1) is 17.8 Å². The fourth-order valence-electron chi connectivity index (χ4n) is 3.68. The van der Waals surface area contributed by atoms with Crippen LogP contribution in [-0.2, 0) is 4.89 Å². The summed E-state index contributed by atoms with van der Waals surface area (Å²) in [5.41, 5.74) is 0. The molecule has 0 saturated carbocycles. The van der Waals surface area contributed by atoms with Crippen molar-refractivity contribution in [2.24, 2.45) is 17.8 Å². The predicted molar refractivity (Wildman–Crippen MR) is 105 cm³/mol. The van der Waals surface area contributed by atoms with Crippen LogP contribution < -0.4 is 4.74 Å². The van der Waals surface area contributed by atoms with E-state index in [1.165, 1.54) is 32.1 Å². The molecule has 0 spiro atoms. The summed E-state index contributed by atoms with van der Waals surface area (Å²) in [5.74, 6) is 2.67. The predicted octanol–water partition coefficient (Wildman–Crippen LogP) is 6.58. The molecule has 0 saturated heterocycles. The number of rotatable bonds is 14. The van der Waals surface area contributed by atoms with Crippen molar-refractivity contribution >= 4 is 0 Å². The molecule has 25 heavy (non-hydrogen) atoms. The molecular formula is C22H38O3. The lowest BCUT2D eigenvalue weighted by Gasteiger charge is -2.26. The highest BCUT2D eigenvalue weighted by atomic mass is 17.1. The largest absolute Gasteiger partial charge is 0.493 e. The van der Waals surface area contributed by atoms with E-state index < -0.39 is 0 Å². The van der Waals surface area contributed by atoms with E-state index in [2.05, 4.69) is 27.7 Å². The van der Waals surface area contributed by atoms with Gasteiger partial charge in [-0.25, -0.2) is 4.89 Å². The fourth-order valence-corrected chi connectivity index (χ4v) is 3.68. The Morgan fingerprint density at radius 2 is 1.72 bits per heavy atom. The fraction of sp³-hybridized carbons (Fsp3) is 0.727. The minimum absolute atomic E-state index is 0.165. The number of para-hydroxylation sites is 1. The topological polar surface area (TPSA) is 38.7 Å². The minimum Gasteiger partial charge on any atom is -0.493 e. The summed E-state index contributed by atoms with van der Waals surface area (Å²) in [4.78, 5) is 4.77. The van der Waals surface area contributed by atoms with Gasteiger partial charge in [0.15, 0.2) is 0 Å². The van der Waals surface area contributed by atoms with Gasteiger partial charge in [0.25, 0.3) is 0 Å². The van der Waals surface area contributed by atoms with Crippen LogP contribution in [0.1, 0.15) is 72.6 Å². The first-order chi connectivity index (χ1) is 12.1. The summed E-state index contributed by atoms with van der Waals surface area (Å²) in [7, 11) is 0. The SMILES string of the molecule is CCCCC(CC)CC(C)CC(C)C(CCOc1ccccc1)OO. The molecule has 1 rings (SSSR count). The Morgan fingerprint density at radius 1 is 1.00 bits per heavy atom. The average Bonchev–Trinajstić information content (AvgIpc) is 2.62. The second-order valence-corrected chi connectivity index (χ2v) is 7.56. The molecule has 4 unspecified atom stereocenters. The van der Waals surface area contributed by atoms with Crippen molar-refractivity contribution in [1.29, 1.82) is 0 Å². The van der Waals surface area contributed by atoms with Crippen molar-refractivity contribution in [2.75, 3.05) is 6.61 Å². The van der Waals surface area contributed by atoms with E-state index in [0.29, 0.717) is 24.9 Å². The van der Waals surface area contributed by atoms with Crippen LogP contribution in [0.3, 0.4) is 0 Å². The lowest BCUT2D eigenvalue weighted by Crippen LogP contribution is -2.25. The number of benzene rings is 1.